The summed E-state index contributed by atoms with van der Waals surface area (Å²) in [4.78, 5) is 24.9. The first-order valence-electron chi connectivity index (χ1n) is 6.81. The summed E-state index contributed by atoms with van der Waals surface area (Å²) in [5, 5.41) is 0.722. The third-order valence-electron chi connectivity index (χ3n) is 3.65. The molecule has 1 aliphatic rings. The minimum Gasteiger partial charge on any atom is -0.295 e. The third-order valence-corrected chi connectivity index (χ3v) is 6.44. The van der Waals surface area contributed by atoms with E-state index >= 15 is 0 Å². The molecule has 5 nitrogen and oxygen atoms in total. The van der Waals surface area contributed by atoms with Gasteiger partial charge in [-0.1, -0.05) is 64.7 Å². The van der Waals surface area contributed by atoms with Gasteiger partial charge in [-0.05, 0) is 5.56 Å². The van der Waals surface area contributed by atoms with Gasteiger partial charge < -0.3 is 0 Å². The molecule has 110 valence electrons. The van der Waals surface area contributed by atoms with Crippen LogP contribution in [0.2, 0.25) is 0 Å². The van der Waals surface area contributed by atoms with Gasteiger partial charge in [-0.25, -0.2) is 9.97 Å². The van der Waals surface area contributed by atoms with Crippen LogP contribution in [0.25, 0.3) is 11.2 Å². The Hall–Kier alpha value is -1.48. The van der Waals surface area contributed by atoms with Crippen molar-refractivity contribution in [3.8, 4) is 0 Å². The highest BCUT2D eigenvalue weighted by Gasteiger charge is 2.32. The quantitative estimate of drug-likeness (QED) is 0.343. The van der Waals surface area contributed by atoms with E-state index in [4.69, 9.17) is 0 Å². The van der Waals surface area contributed by atoms with Gasteiger partial charge >= 0.3 is 5.56 Å². The van der Waals surface area contributed by atoms with Gasteiger partial charge in [-0.2, -0.15) is 4.98 Å². The largest absolute Gasteiger partial charge is 0.301 e. The molecule has 0 aliphatic carbocycles. The second-order valence-electron chi connectivity index (χ2n) is 4.98. The van der Waals surface area contributed by atoms with Crippen LogP contribution in [0.1, 0.15) is 11.6 Å². The van der Waals surface area contributed by atoms with Crippen LogP contribution in [0.3, 0.4) is 0 Å². The lowest BCUT2D eigenvalue weighted by Crippen LogP contribution is -2.32. The lowest BCUT2D eigenvalue weighted by atomic mass is 10.0. The molecule has 2 unspecified atom stereocenters. The van der Waals surface area contributed by atoms with Crippen LogP contribution in [0.15, 0.2) is 52.7 Å². The van der Waals surface area contributed by atoms with E-state index in [2.05, 4.69) is 54.2 Å². The fourth-order valence-corrected chi connectivity index (χ4v) is 4.96. The van der Waals surface area contributed by atoms with Gasteiger partial charge in [0.1, 0.15) is 0 Å². The molecule has 0 fully saturated rings. The van der Waals surface area contributed by atoms with Gasteiger partial charge in [-0.3, -0.25) is 9.36 Å². The number of thioether (sulfide) groups is 1. The van der Waals surface area contributed by atoms with Crippen molar-refractivity contribution >= 4 is 45.5 Å². The summed E-state index contributed by atoms with van der Waals surface area (Å²) in [6.45, 7) is 0. The summed E-state index contributed by atoms with van der Waals surface area (Å²) >= 11 is 4.07. The molecule has 4 rings (SSSR count). The first-order valence-corrected chi connectivity index (χ1v) is 9.04. The Balaban J connectivity index is 2.05. The summed E-state index contributed by atoms with van der Waals surface area (Å²) in [5.74, 6) is 0.915. The van der Waals surface area contributed by atoms with Crippen LogP contribution in [0, 0.1) is 0 Å². The Labute approximate surface area is 144 Å². The SMILES string of the molecule is O=c1nc2n(c3nccnc13)C(c1ccccc1)C(I)CS2. The zero-order valence-corrected chi connectivity index (χ0v) is 14.4. The van der Waals surface area contributed by atoms with Crippen molar-refractivity contribution in [3.05, 3.63) is 58.6 Å². The van der Waals surface area contributed by atoms with Gasteiger partial charge in [0.25, 0.3) is 0 Å². The van der Waals surface area contributed by atoms with Crippen LogP contribution < -0.4 is 5.56 Å². The molecule has 0 saturated heterocycles. The van der Waals surface area contributed by atoms with Crippen molar-refractivity contribution in [1.29, 1.82) is 0 Å². The monoisotopic (exact) mass is 422 g/mol. The van der Waals surface area contributed by atoms with Crippen LogP contribution in [0.4, 0.5) is 0 Å². The van der Waals surface area contributed by atoms with Crippen molar-refractivity contribution < 1.29 is 0 Å². The Morgan fingerprint density at radius 2 is 1.95 bits per heavy atom. The summed E-state index contributed by atoms with van der Waals surface area (Å²) in [7, 11) is 0. The van der Waals surface area contributed by atoms with Gasteiger partial charge in [0.15, 0.2) is 16.3 Å². The summed E-state index contributed by atoms with van der Waals surface area (Å²) in [6.07, 6.45) is 3.16. The van der Waals surface area contributed by atoms with E-state index in [9.17, 15) is 4.79 Å². The summed E-state index contributed by atoms with van der Waals surface area (Å²) in [5.41, 5.74) is 1.83. The molecule has 1 aliphatic heterocycles. The van der Waals surface area contributed by atoms with Gasteiger partial charge in [0.05, 0.1) is 6.04 Å². The van der Waals surface area contributed by atoms with E-state index in [1.807, 2.05) is 18.2 Å². The maximum atomic E-state index is 12.1. The van der Waals surface area contributed by atoms with Gasteiger partial charge in [0.2, 0.25) is 0 Å². The number of alkyl halides is 1. The lowest BCUT2D eigenvalue weighted by Gasteiger charge is -2.32. The molecule has 0 spiro atoms. The molecular formula is C15H11IN4OS. The van der Waals surface area contributed by atoms with Crippen molar-refractivity contribution in [3.63, 3.8) is 0 Å². The Kier molecular flexibility index (Phi) is 3.61. The van der Waals surface area contributed by atoms with Gasteiger partial charge in [-0.15, -0.1) is 0 Å². The van der Waals surface area contributed by atoms with E-state index in [1.54, 1.807) is 18.0 Å². The maximum absolute atomic E-state index is 12.1. The number of halogens is 1. The second kappa shape index (κ2) is 5.62. The van der Waals surface area contributed by atoms with Crippen LogP contribution >= 0.6 is 34.4 Å². The predicted octanol–water partition coefficient (Wildman–Crippen LogP) is 2.69. The zero-order valence-electron chi connectivity index (χ0n) is 11.4. The normalized spacial score (nSPS) is 20.8. The number of benzene rings is 1. The summed E-state index contributed by atoms with van der Waals surface area (Å²) < 4.78 is 2.44. The second-order valence-corrected chi connectivity index (χ2v) is 7.57. The molecular weight excluding hydrogens is 411 g/mol. The number of nitrogens with zero attached hydrogens (tertiary/aromatic N) is 4. The molecule has 0 amide bonds. The van der Waals surface area contributed by atoms with Gasteiger partial charge in [0, 0.05) is 22.1 Å². The minimum absolute atomic E-state index is 0.102. The Morgan fingerprint density at radius 3 is 2.77 bits per heavy atom. The first-order chi connectivity index (χ1) is 10.8. The molecule has 2 aromatic heterocycles. The predicted molar refractivity (Wildman–Crippen MR) is 94.7 cm³/mol. The maximum Gasteiger partial charge on any atom is 0.301 e. The van der Waals surface area contributed by atoms with E-state index in [1.165, 1.54) is 11.8 Å². The lowest BCUT2D eigenvalue weighted by molar-refractivity contribution is 0.528. The zero-order chi connectivity index (χ0) is 15.1. The third kappa shape index (κ3) is 2.23. The Bertz CT molecular complexity index is 899. The molecule has 22 heavy (non-hydrogen) atoms. The molecule has 3 aromatic rings. The molecule has 1 aromatic carbocycles. The van der Waals surface area contributed by atoms with E-state index in [0.29, 0.717) is 15.1 Å². The number of fused-ring (bicyclic) bond motifs is 3. The first kappa shape index (κ1) is 14.1. The topological polar surface area (TPSA) is 60.7 Å². The minimum atomic E-state index is -0.305. The van der Waals surface area contributed by atoms with Crippen LogP contribution in [-0.2, 0) is 0 Å². The standard InChI is InChI=1S/C15H11IN4OS/c16-10-8-22-15-19-14(21)11-13(18-7-6-17-11)20(15)12(10)9-4-2-1-3-5-9/h1-7,10,12H,8H2. The van der Waals surface area contributed by atoms with Crippen LogP contribution in [-0.4, -0.2) is 29.2 Å². The molecule has 0 bridgehead atoms. The average molecular weight is 422 g/mol. The number of hydrogen-bond acceptors (Lipinski definition) is 5. The van der Waals surface area contributed by atoms with E-state index in [-0.39, 0.29) is 11.6 Å². The van der Waals surface area contributed by atoms with Crippen molar-refractivity contribution in [2.24, 2.45) is 0 Å². The Morgan fingerprint density at radius 1 is 1.18 bits per heavy atom. The molecule has 2 atom stereocenters. The van der Waals surface area contributed by atoms with E-state index in [0.717, 1.165) is 10.9 Å². The molecule has 0 N–H and O–H groups in total. The van der Waals surface area contributed by atoms with Crippen LogP contribution in [0.5, 0.6) is 0 Å². The highest BCUT2D eigenvalue weighted by Crippen LogP contribution is 2.39. The number of aromatic nitrogens is 4. The number of rotatable bonds is 1. The van der Waals surface area contributed by atoms with E-state index < -0.39 is 0 Å². The average Bonchev–Trinajstić information content (AvgIpc) is 2.56. The fraction of sp³-hybridized carbons (Fsp3) is 0.200. The molecule has 0 radical (unpaired) electrons. The number of hydrogen-bond donors (Lipinski definition) is 0. The molecule has 0 saturated carbocycles. The highest BCUT2D eigenvalue weighted by atomic mass is 127. The van der Waals surface area contributed by atoms with Crippen molar-refractivity contribution in [1.82, 2.24) is 19.5 Å². The fourth-order valence-electron chi connectivity index (χ4n) is 2.71. The highest BCUT2D eigenvalue weighted by molar-refractivity contribution is 14.1. The van der Waals surface area contributed by atoms with Crippen molar-refractivity contribution in [2.45, 2.75) is 15.1 Å². The smallest absolute Gasteiger partial charge is 0.295 e. The molecule has 3 heterocycles. The summed E-state index contributed by atoms with van der Waals surface area (Å²) in [6, 6.07) is 10.4. The molecule has 7 heteroatoms. The van der Waals surface area contributed by atoms with Crippen molar-refractivity contribution in [2.75, 3.05) is 5.75 Å².